The van der Waals surface area contributed by atoms with Crippen molar-refractivity contribution in [1.82, 2.24) is 15.3 Å². The first-order chi connectivity index (χ1) is 12.1. The highest BCUT2D eigenvalue weighted by Crippen LogP contribution is 2.34. The number of aromatic nitrogens is 2. The van der Waals surface area contributed by atoms with Crippen molar-refractivity contribution in [2.24, 2.45) is 11.8 Å². The van der Waals surface area contributed by atoms with Gasteiger partial charge in [0.05, 0.1) is 6.10 Å². The molecule has 4 atom stereocenters. The Morgan fingerprint density at radius 3 is 2.64 bits per heavy atom. The van der Waals surface area contributed by atoms with Gasteiger partial charge in [0.25, 0.3) is 0 Å². The molecule has 1 aliphatic carbocycles. The van der Waals surface area contributed by atoms with E-state index >= 15 is 0 Å². The zero-order valence-corrected chi connectivity index (χ0v) is 14.3. The van der Waals surface area contributed by atoms with Crippen LogP contribution in [0.4, 0.5) is 4.39 Å². The number of hydrogen-bond donors (Lipinski definition) is 3. The summed E-state index contributed by atoms with van der Waals surface area (Å²) in [6, 6.07) is 8.33. The van der Waals surface area contributed by atoms with Gasteiger partial charge in [0.2, 0.25) is 0 Å². The van der Waals surface area contributed by atoms with Crippen molar-refractivity contribution in [3.05, 3.63) is 59.4 Å². The van der Waals surface area contributed by atoms with Gasteiger partial charge in [-0.1, -0.05) is 12.1 Å². The van der Waals surface area contributed by atoms with E-state index in [9.17, 15) is 14.6 Å². The maximum atomic E-state index is 13.0. The van der Waals surface area contributed by atoms with Crippen molar-refractivity contribution >= 4 is 0 Å². The minimum atomic E-state index is -0.538. The molecule has 3 rings (SSSR count). The van der Waals surface area contributed by atoms with E-state index in [1.54, 1.807) is 18.3 Å². The molecule has 0 amide bonds. The van der Waals surface area contributed by atoms with E-state index in [0.29, 0.717) is 25.2 Å². The summed E-state index contributed by atoms with van der Waals surface area (Å²) in [5.41, 5.74) is 1.90. The first kappa shape index (κ1) is 17.9. The minimum Gasteiger partial charge on any atom is -0.396 e. The van der Waals surface area contributed by atoms with Crippen LogP contribution in [0.5, 0.6) is 0 Å². The lowest BCUT2D eigenvalue weighted by Gasteiger charge is -2.25. The van der Waals surface area contributed by atoms with Gasteiger partial charge in [0, 0.05) is 37.0 Å². The molecular weight excluding hydrogens is 321 g/mol. The van der Waals surface area contributed by atoms with Crippen LogP contribution in [0.3, 0.4) is 0 Å². The summed E-state index contributed by atoms with van der Waals surface area (Å²) in [6.45, 7) is 2.39. The molecule has 1 aromatic carbocycles. The summed E-state index contributed by atoms with van der Waals surface area (Å²) in [5.74, 6) is 0.362. The molecule has 1 fully saturated rings. The van der Waals surface area contributed by atoms with Crippen LogP contribution in [0.2, 0.25) is 0 Å². The Morgan fingerprint density at radius 2 is 1.96 bits per heavy atom. The summed E-state index contributed by atoms with van der Waals surface area (Å²) in [4.78, 5) is 8.56. The molecule has 0 aliphatic heterocycles. The molecule has 0 bridgehead atoms. The Morgan fingerprint density at radius 1 is 1.20 bits per heavy atom. The van der Waals surface area contributed by atoms with Crippen molar-refractivity contribution in [3.63, 3.8) is 0 Å². The van der Waals surface area contributed by atoms with Gasteiger partial charge in [-0.25, -0.2) is 14.4 Å². The predicted molar refractivity (Wildman–Crippen MR) is 92.2 cm³/mol. The molecule has 4 unspecified atom stereocenters. The third kappa shape index (κ3) is 4.39. The first-order valence-electron chi connectivity index (χ1n) is 8.62. The van der Waals surface area contributed by atoms with Gasteiger partial charge in [-0.05, 0) is 49.4 Å². The van der Waals surface area contributed by atoms with E-state index in [1.807, 2.05) is 13.0 Å². The molecule has 6 heteroatoms. The fraction of sp³-hybridized carbons (Fsp3) is 0.474. The average Bonchev–Trinajstić information content (AvgIpc) is 2.89. The SMILES string of the molecule is Cc1nccc(CC2C(NCc3ccc(F)cc3)CC(O)C2CO)n1. The molecular formula is C19H24FN3O2. The van der Waals surface area contributed by atoms with E-state index in [0.717, 1.165) is 11.3 Å². The summed E-state index contributed by atoms with van der Waals surface area (Å²) < 4.78 is 13.0. The van der Waals surface area contributed by atoms with Crippen LogP contribution in [0.15, 0.2) is 36.5 Å². The number of nitrogens with one attached hydrogen (secondary N) is 1. The van der Waals surface area contributed by atoms with Gasteiger partial charge < -0.3 is 15.5 Å². The number of benzene rings is 1. The second kappa shape index (κ2) is 7.99. The van der Waals surface area contributed by atoms with Crippen LogP contribution in [-0.4, -0.2) is 38.9 Å². The Kier molecular flexibility index (Phi) is 5.73. The Hall–Kier alpha value is -1.89. The molecule has 1 saturated carbocycles. The van der Waals surface area contributed by atoms with Gasteiger partial charge in [0.15, 0.2) is 0 Å². The lowest BCUT2D eigenvalue weighted by atomic mass is 9.88. The zero-order valence-electron chi connectivity index (χ0n) is 14.3. The van der Waals surface area contributed by atoms with Gasteiger partial charge in [0.1, 0.15) is 11.6 Å². The Bertz CT molecular complexity index is 695. The highest BCUT2D eigenvalue weighted by Gasteiger charge is 2.41. The topological polar surface area (TPSA) is 78.3 Å². The Balaban J connectivity index is 1.70. The van der Waals surface area contributed by atoms with Crippen LogP contribution in [0, 0.1) is 24.6 Å². The molecule has 0 radical (unpaired) electrons. The summed E-state index contributed by atoms with van der Waals surface area (Å²) in [7, 11) is 0. The van der Waals surface area contributed by atoms with Gasteiger partial charge in [-0.2, -0.15) is 0 Å². The molecule has 0 saturated heterocycles. The van der Waals surface area contributed by atoms with Crippen LogP contribution >= 0.6 is 0 Å². The third-order valence-electron chi connectivity index (χ3n) is 5.03. The fourth-order valence-electron chi connectivity index (χ4n) is 3.69. The van der Waals surface area contributed by atoms with Crippen molar-refractivity contribution in [2.45, 2.75) is 38.5 Å². The molecule has 1 heterocycles. The molecule has 25 heavy (non-hydrogen) atoms. The van der Waals surface area contributed by atoms with E-state index < -0.39 is 6.10 Å². The minimum absolute atomic E-state index is 0.0510. The molecule has 0 spiro atoms. The van der Waals surface area contributed by atoms with E-state index in [-0.39, 0.29) is 30.3 Å². The van der Waals surface area contributed by atoms with Crippen LogP contribution in [0.1, 0.15) is 23.5 Å². The van der Waals surface area contributed by atoms with Crippen LogP contribution in [-0.2, 0) is 13.0 Å². The quantitative estimate of drug-likeness (QED) is 0.741. The summed E-state index contributed by atoms with van der Waals surface area (Å²) >= 11 is 0. The second-order valence-electron chi connectivity index (χ2n) is 6.73. The van der Waals surface area contributed by atoms with Gasteiger partial charge in [-0.15, -0.1) is 0 Å². The smallest absolute Gasteiger partial charge is 0.125 e. The van der Waals surface area contributed by atoms with Crippen molar-refractivity contribution in [2.75, 3.05) is 6.61 Å². The highest BCUT2D eigenvalue weighted by molar-refractivity contribution is 5.16. The van der Waals surface area contributed by atoms with Crippen LogP contribution < -0.4 is 5.32 Å². The number of aliphatic hydroxyl groups excluding tert-OH is 2. The standard InChI is InChI=1S/C19H24FN3O2/c1-12-21-7-6-15(23-12)8-16-17(11-24)19(25)9-18(16)22-10-13-2-4-14(20)5-3-13/h2-7,16-19,22,24-25H,8-11H2,1H3. The number of nitrogens with zero attached hydrogens (tertiary/aromatic N) is 2. The maximum absolute atomic E-state index is 13.0. The zero-order chi connectivity index (χ0) is 17.8. The molecule has 1 aliphatic rings. The highest BCUT2D eigenvalue weighted by atomic mass is 19.1. The number of hydrogen-bond acceptors (Lipinski definition) is 5. The second-order valence-corrected chi connectivity index (χ2v) is 6.73. The largest absolute Gasteiger partial charge is 0.396 e. The van der Waals surface area contributed by atoms with E-state index in [4.69, 9.17) is 0 Å². The molecule has 5 nitrogen and oxygen atoms in total. The predicted octanol–water partition coefficient (Wildman–Crippen LogP) is 1.61. The van der Waals surface area contributed by atoms with Crippen molar-refractivity contribution in [3.8, 4) is 0 Å². The Labute approximate surface area is 147 Å². The normalized spacial score (nSPS) is 26.1. The lowest BCUT2D eigenvalue weighted by Crippen LogP contribution is -2.36. The van der Waals surface area contributed by atoms with Crippen molar-refractivity contribution < 1.29 is 14.6 Å². The van der Waals surface area contributed by atoms with Crippen LogP contribution in [0.25, 0.3) is 0 Å². The average molecular weight is 345 g/mol. The molecule has 134 valence electrons. The third-order valence-corrected chi connectivity index (χ3v) is 5.03. The fourth-order valence-corrected chi connectivity index (χ4v) is 3.69. The maximum Gasteiger partial charge on any atom is 0.125 e. The van der Waals surface area contributed by atoms with Crippen molar-refractivity contribution in [1.29, 1.82) is 0 Å². The van der Waals surface area contributed by atoms with Gasteiger partial charge in [-0.3, -0.25) is 0 Å². The molecule has 1 aromatic heterocycles. The molecule has 3 N–H and O–H groups in total. The molecule has 2 aromatic rings. The number of aryl methyl sites for hydroxylation is 1. The first-order valence-corrected chi connectivity index (χ1v) is 8.62. The van der Waals surface area contributed by atoms with E-state index in [1.165, 1.54) is 12.1 Å². The number of aliphatic hydroxyl groups is 2. The summed E-state index contributed by atoms with van der Waals surface area (Å²) in [6.07, 6.45) is 2.45. The monoisotopic (exact) mass is 345 g/mol. The van der Waals surface area contributed by atoms with E-state index in [2.05, 4.69) is 15.3 Å². The number of halogens is 1. The lowest BCUT2D eigenvalue weighted by molar-refractivity contribution is 0.0716. The number of rotatable bonds is 6. The van der Waals surface area contributed by atoms with Gasteiger partial charge >= 0.3 is 0 Å². The summed E-state index contributed by atoms with van der Waals surface area (Å²) in [5, 5.41) is 23.5.